The van der Waals surface area contributed by atoms with E-state index in [2.05, 4.69) is 11.8 Å². The van der Waals surface area contributed by atoms with Crippen molar-refractivity contribution in [3.63, 3.8) is 0 Å². The van der Waals surface area contributed by atoms with E-state index in [1.165, 1.54) is 25.7 Å². The van der Waals surface area contributed by atoms with Gasteiger partial charge in [-0.2, -0.15) is 0 Å². The SMILES string of the molecule is [CH2-][OH+]C1CCCC1. The van der Waals surface area contributed by atoms with E-state index in [0.717, 1.165) is 0 Å². The maximum absolute atomic E-state index is 3.94. The van der Waals surface area contributed by atoms with Crippen LogP contribution >= 0.6 is 0 Å². The zero-order valence-corrected chi connectivity index (χ0v) is 4.56. The molecule has 0 saturated heterocycles. The molecule has 0 atom stereocenters. The average Bonchev–Trinajstić information content (AvgIpc) is 2.14. The fraction of sp³-hybridized carbons (Fsp3) is 0.833. The summed E-state index contributed by atoms with van der Waals surface area (Å²) in [7, 11) is 3.49. The summed E-state index contributed by atoms with van der Waals surface area (Å²) in [4.78, 5) is 0. The fourth-order valence-corrected chi connectivity index (χ4v) is 1.09. The quantitative estimate of drug-likeness (QED) is 0.347. The second kappa shape index (κ2) is 2.31. The van der Waals surface area contributed by atoms with Crippen molar-refractivity contribution in [2.45, 2.75) is 31.8 Å². The van der Waals surface area contributed by atoms with Crippen molar-refractivity contribution in [1.29, 1.82) is 0 Å². The van der Waals surface area contributed by atoms with E-state index in [4.69, 9.17) is 0 Å². The molecule has 1 aliphatic rings. The van der Waals surface area contributed by atoms with Crippen LogP contribution in [0.1, 0.15) is 25.7 Å². The Bertz CT molecular complexity index is 46.1. The van der Waals surface area contributed by atoms with Crippen molar-refractivity contribution in [3.05, 3.63) is 7.11 Å². The first-order valence-electron chi connectivity index (χ1n) is 2.89. The van der Waals surface area contributed by atoms with Gasteiger partial charge in [0.1, 0.15) is 6.10 Å². The van der Waals surface area contributed by atoms with Crippen LogP contribution in [0.4, 0.5) is 0 Å². The van der Waals surface area contributed by atoms with Gasteiger partial charge in [-0.1, -0.05) is 7.11 Å². The van der Waals surface area contributed by atoms with Crippen molar-refractivity contribution >= 4 is 0 Å². The van der Waals surface area contributed by atoms with E-state index < -0.39 is 0 Å². The molecule has 42 valence electrons. The summed E-state index contributed by atoms with van der Waals surface area (Å²) >= 11 is 0. The van der Waals surface area contributed by atoms with Crippen molar-refractivity contribution in [3.8, 4) is 0 Å². The van der Waals surface area contributed by atoms with Gasteiger partial charge in [0.2, 0.25) is 0 Å². The second-order valence-electron chi connectivity index (χ2n) is 2.12. The van der Waals surface area contributed by atoms with Crippen LogP contribution in [0.5, 0.6) is 0 Å². The van der Waals surface area contributed by atoms with Gasteiger partial charge in [0.25, 0.3) is 0 Å². The molecule has 0 bridgehead atoms. The summed E-state index contributed by atoms with van der Waals surface area (Å²) in [6.45, 7) is 0. The van der Waals surface area contributed by atoms with Crippen molar-refractivity contribution in [1.82, 2.24) is 0 Å². The van der Waals surface area contributed by atoms with Crippen molar-refractivity contribution < 1.29 is 4.74 Å². The highest BCUT2D eigenvalue weighted by molar-refractivity contribution is 4.64. The molecule has 1 heteroatoms. The number of rotatable bonds is 1. The van der Waals surface area contributed by atoms with Gasteiger partial charge < -0.3 is 4.74 Å². The topological polar surface area (TPSA) is 12.8 Å². The van der Waals surface area contributed by atoms with Crippen LogP contribution in [-0.2, 0) is 0 Å². The third kappa shape index (κ3) is 1.16. The Morgan fingerprint density at radius 3 is 2.14 bits per heavy atom. The van der Waals surface area contributed by atoms with Crippen LogP contribution < -0.4 is 0 Å². The first-order valence-corrected chi connectivity index (χ1v) is 2.89. The smallest absolute Gasteiger partial charge is 0.129 e. The zero-order chi connectivity index (χ0) is 5.11. The molecule has 0 aromatic rings. The fourth-order valence-electron chi connectivity index (χ4n) is 1.09. The van der Waals surface area contributed by atoms with E-state index in [9.17, 15) is 0 Å². The highest BCUT2D eigenvalue weighted by atomic mass is 16.5. The largest absolute Gasteiger partial charge is 0.579 e. The summed E-state index contributed by atoms with van der Waals surface area (Å²) in [5, 5.41) is 0. The number of hydrogen-bond acceptors (Lipinski definition) is 0. The molecule has 0 aromatic heterocycles. The molecule has 1 saturated carbocycles. The molecule has 0 aliphatic heterocycles. The third-order valence-corrected chi connectivity index (χ3v) is 1.58. The van der Waals surface area contributed by atoms with Crippen LogP contribution in [0.3, 0.4) is 0 Å². The highest BCUT2D eigenvalue weighted by Crippen LogP contribution is 2.18. The zero-order valence-electron chi connectivity index (χ0n) is 4.56. The molecule has 1 aliphatic carbocycles. The Hall–Kier alpha value is -0.0400. The Morgan fingerprint density at radius 1 is 1.29 bits per heavy atom. The molecular formula is C6H12O. The summed E-state index contributed by atoms with van der Waals surface area (Å²) in [5.74, 6) is 0. The van der Waals surface area contributed by atoms with E-state index >= 15 is 0 Å². The lowest BCUT2D eigenvalue weighted by molar-refractivity contribution is -0.0200. The lowest BCUT2D eigenvalue weighted by Gasteiger charge is -2.05. The van der Waals surface area contributed by atoms with E-state index in [1.54, 1.807) is 0 Å². The number of aliphatic hydroxyl groups is 2. The first-order chi connectivity index (χ1) is 3.43. The second-order valence-corrected chi connectivity index (χ2v) is 2.12. The van der Waals surface area contributed by atoms with Gasteiger partial charge in [-0.05, 0) is 12.8 Å². The summed E-state index contributed by atoms with van der Waals surface area (Å²) in [6, 6.07) is 0. The average molecular weight is 100 g/mol. The molecule has 0 heterocycles. The van der Waals surface area contributed by atoms with Crippen LogP contribution in [0, 0.1) is 7.11 Å². The van der Waals surface area contributed by atoms with Gasteiger partial charge in [-0.3, -0.25) is 0 Å². The van der Waals surface area contributed by atoms with Crippen LogP contribution in [0.2, 0.25) is 0 Å². The summed E-state index contributed by atoms with van der Waals surface area (Å²) < 4.78 is 3.94. The van der Waals surface area contributed by atoms with Gasteiger partial charge in [0.05, 0.1) is 0 Å². The van der Waals surface area contributed by atoms with Gasteiger partial charge in [-0.15, -0.1) is 0 Å². The molecule has 1 fully saturated rings. The molecule has 0 unspecified atom stereocenters. The Labute approximate surface area is 44.7 Å². The van der Waals surface area contributed by atoms with E-state index in [0.29, 0.717) is 6.10 Å². The van der Waals surface area contributed by atoms with E-state index in [-0.39, 0.29) is 0 Å². The molecule has 1 N–H and O–H groups in total. The Kier molecular flexibility index (Phi) is 1.69. The molecule has 0 spiro atoms. The lowest BCUT2D eigenvalue weighted by atomic mass is 10.3. The normalized spacial score (nSPS) is 23.6. The van der Waals surface area contributed by atoms with Crippen LogP contribution in [0.15, 0.2) is 0 Å². The monoisotopic (exact) mass is 100 g/mol. The molecule has 0 amide bonds. The number of ether oxygens (including phenoxy) is 1. The summed E-state index contributed by atoms with van der Waals surface area (Å²) in [5.41, 5.74) is 0. The highest BCUT2D eigenvalue weighted by Gasteiger charge is 2.14. The molecule has 0 aromatic carbocycles. The summed E-state index contributed by atoms with van der Waals surface area (Å²) in [6.07, 6.45) is 5.90. The van der Waals surface area contributed by atoms with Crippen molar-refractivity contribution in [2.24, 2.45) is 0 Å². The maximum Gasteiger partial charge on any atom is 0.129 e. The predicted octanol–water partition coefficient (Wildman–Crippen LogP) is 1.25. The standard InChI is InChI=1S/C6H12O/c1-7-6-4-2-3-5-6/h6-7H,1-5H2. The molecule has 0 radical (unpaired) electrons. The molecular weight excluding hydrogens is 88.1 g/mol. The molecule has 1 nitrogen and oxygen atoms in total. The van der Waals surface area contributed by atoms with Gasteiger partial charge in [0.15, 0.2) is 0 Å². The molecule has 7 heavy (non-hydrogen) atoms. The third-order valence-electron chi connectivity index (χ3n) is 1.58. The maximum atomic E-state index is 3.94. The van der Waals surface area contributed by atoms with Crippen LogP contribution in [-0.4, -0.2) is 10.8 Å². The number of hydrogen-bond donors (Lipinski definition) is 0. The van der Waals surface area contributed by atoms with Crippen molar-refractivity contribution in [2.75, 3.05) is 0 Å². The minimum Gasteiger partial charge on any atom is -0.579 e. The predicted molar refractivity (Wildman–Crippen MR) is 29.8 cm³/mol. The van der Waals surface area contributed by atoms with E-state index in [1.807, 2.05) is 0 Å². The van der Waals surface area contributed by atoms with Crippen LogP contribution in [0.25, 0.3) is 0 Å². The van der Waals surface area contributed by atoms with Gasteiger partial charge in [-0.25, -0.2) is 0 Å². The Morgan fingerprint density at radius 2 is 1.86 bits per heavy atom. The first kappa shape index (κ1) is 5.10. The van der Waals surface area contributed by atoms with Gasteiger partial charge >= 0.3 is 0 Å². The molecule has 1 rings (SSSR count). The van der Waals surface area contributed by atoms with Gasteiger partial charge in [0, 0.05) is 12.8 Å². The minimum absolute atomic E-state index is 0.611. The lowest BCUT2D eigenvalue weighted by Crippen LogP contribution is -2.05. The minimum atomic E-state index is 0.611. The Balaban J connectivity index is 2.14.